The number of carbonyl (C=O) groups is 2. The van der Waals surface area contributed by atoms with E-state index < -0.39 is 22.9 Å². The van der Waals surface area contributed by atoms with E-state index in [9.17, 15) is 22.8 Å². The second-order valence-electron chi connectivity index (χ2n) is 7.43. The van der Waals surface area contributed by atoms with Gasteiger partial charge in [-0.1, -0.05) is 54.9 Å². The molecule has 34 heavy (non-hydrogen) atoms. The van der Waals surface area contributed by atoms with Gasteiger partial charge in [-0.2, -0.15) is 13.2 Å². The molecule has 1 unspecified atom stereocenters. The number of carbonyl (C=O) groups excluding carboxylic acids is 2. The van der Waals surface area contributed by atoms with Crippen LogP contribution in [0.15, 0.2) is 77.7 Å². The summed E-state index contributed by atoms with van der Waals surface area (Å²) in [5, 5.41) is 4.49. The molecule has 2 amide bonds. The SMILES string of the molecule is CCC(Sc1cccc(NC(=O)Cc2ccccc2)c1)C(=O)Nc1ccc(Cl)cc1C(F)(F)F. The Morgan fingerprint density at radius 3 is 2.38 bits per heavy atom. The van der Waals surface area contributed by atoms with Gasteiger partial charge in [-0.3, -0.25) is 9.59 Å². The lowest BCUT2D eigenvalue weighted by molar-refractivity contribution is -0.137. The number of thioether (sulfide) groups is 1. The summed E-state index contributed by atoms with van der Waals surface area (Å²) in [5.41, 5.74) is 0.103. The third-order valence-corrected chi connectivity index (χ3v) is 6.40. The quantitative estimate of drug-likeness (QED) is 0.322. The standard InChI is InChI=1S/C25H22ClF3N2O2S/c1-2-22(24(33)31-21-12-11-17(26)14-20(21)25(27,28)29)34-19-10-6-9-18(15-19)30-23(32)13-16-7-4-3-5-8-16/h3-12,14-15,22H,2,13H2,1H3,(H,30,32)(H,31,33). The Kier molecular flexibility index (Phi) is 8.63. The Labute approximate surface area is 204 Å². The summed E-state index contributed by atoms with van der Waals surface area (Å²) in [7, 11) is 0. The van der Waals surface area contributed by atoms with Gasteiger partial charge in [0.25, 0.3) is 0 Å². The molecule has 0 aliphatic rings. The van der Waals surface area contributed by atoms with Gasteiger partial charge in [0.05, 0.1) is 22.9 Å². The number of benzene rings is 3. The van der Waals surface area contributed by atoms with Crippen molar-refractivity contribution in [1.82, 2.24) is 0 Å². The van der Waals surface area contributed by atoms with E-state index in [0.717, 1.165) is 17.7 Å². The van der Waals surface area contributed by atoms with Crippen molar-refractivity contribution >= 4 is 46.6 Å². The van der Waals surface area contributed by atoms with Crippen molar-refractivity contribution in [3.8, 4) is 0 Å². The predicted octanol–water partition coefficient (Wildman–Crippen LogP) is 7.05. The third kappa shape index (κ3) is 7.27. The van der Waals surface area contributed by atoms with E-state index in [1.807, 2.05) is 30.3 Å². The number of nitrogens with one attached hydrogen (secondary N) is 2. The molecule has 178 valence electrons. The topological polar surface area (TPSA) is 58.2 Å². The van der Waals surface area contributed by atoms with Crippen molar-refractivity contribution in [3.63, 3.8) is 0 Å². The maximum absolute atomic E-state index is 13.3. The lowest BCUT2D eigenvalue weighted by Crippen LogP contribution is -2.26. The van der Waals surface area contributed by atoms with Crippen molar-refractivity contribution in [1.29, 1.82) is 0 Å². The molecule has 0 heterocycles. The minimum Gasteiger partial charge on any atom is -0.326 e. The highest BCUT2D eigenvalue weighted by atomic mass is 35.5. The van der Waals surface area contributed by atoms with Crippen molar-refractivity contribution < 1.29 is 22.8 Å². The van der Waals surface area contributed by atoms with Gasteiger partial charge in [-0.05, 0) is 48.4 Å². The van der Waals surface area contributed by atoms with E-state index in [-0.39, 0.29) is 23.0 Å². The molecule has 0 spiro atoms. The Bertz CT molecular complexity index is 1160. The Hall–Kier alpha value is -2.97. The molecule has 0 aliphatic carbocycles. The zero-order valence-electron chi connectivity index (χ0n) is 18.2. The van der Waals surface area contributed by atoms with Crippen LogP contribution in [-0.2, 0) is 22.2 Å². The predicted molar refractivity (Wildman–Crippen MR) is 130 cm³/mol. The second-order valence-corrected chi connectivity index (χ2v) is 9.14. The lowest BCUT2D eigenvalue weighted by Gasteiger charge is -2.18. The molecule has 0 bridgehead atoms. The van der Waals surface area contributed by atoms with Crippen LogP contribution in [0.4, 0.5) is 24.5 Å². The van der Waals surface area contributed by atoms with Gasteiger partial charge in [-0.25, -0.2) is 0 Å². The number of hydrogen-bond donors (Lipinski definition) is 2. The molecular formula is C25H22ClF3N2O2S. The first-order valence-corrected chi connectivity index (χ1v) is 11.7. The Morgan fingerprint density at radius 2 is 1.71 bits per heavy atom. The summed E-state index contributed by atoms with van der Waals surface area (Å²) in [4.78, 5) is 25.8. The molecule has 0 aromatic heterocycles. The summed E-state index contributed by atoms with van der Waals surface area (Å²) in [5.74, 6) is -0.737. The summed E-state index contributed by atoms with van der Waals surface area (Å²) in [6.45, 7) is 1.77. The fourth-order valence-electron chi connectivity index (χ4n) is 3.19. The molecule has 3 aromatic rings. The first-order valence-electron chi connectivity index (χ1n) is 10.4. The Balaban J connectivity index is 1.67. The van der Waals surface area contributed by atoms with Crippen LogP contribution in [0.1, 0.15) is 24.5 Å². The summed E-state index contributed by atoms with van der Waals surface area (Å²) in [6.07, 6.45) is -4.05. The number of hydrogen-bond acceptors (Lipinski definition) is 3. The summed E-state index contributed by atoms with van der Waals surface area (Å²) in [6, 6.07) is 19.5. The zero-order chi connectivity index (χ0) is 24.7. The first kappa shape index (κ1) is 25.6. The average molecular weight is 507 g/mol. The molecule has 0 fully saturated rings. The van der Waals surface area contributed by atoms with Gasteiger partial charge in [0.1, 0.15) is 0 Å². The number of alkyl halides is 3. The molecule has 4 nitrogen and oxygen atoms in total. The minimum atomic E-state index is -4.66. The number of halogens is 4. The number of amides is 2. The van der Waals surface area contributed by atoms with Gasteiger partial charge in [-0.15, -0.1) is 11.8 Å². The highest BCUT2D eigenvalue weighted by Crippen LogP contribution is 2.37. The van der Waals surface area contributed by atoms with Gasteiger partial charge in [0.15, 0.2) is 0 Å². The maximum atomic E-state index is 13.3. The lowest BCUT2D eigenvalue weighted by atomic mass is 10.1. The van der Waals surface area contributed by atoms with Gasteiger partial charge < -0.3 is 10.6 Å². The van der Waals surface area contributed by atoms with E-state index in [1.54, 1.807) is 31.2 Å². The van der Waals surface area contributed by atoms with E-state index in [2.05, 4.69) is 10.6 Å². The van der Waals surface area contributed by atoms with E-state index in [0.29, 0.717) is 17.0 Å². The average Bonchev–Trinajstić information content (AvgIpc) is 2.78. The molecule has 1 atom stereocenters. The smallest absolute Gasteiger partial charge is 0.326 e. The minimum absolute atomic E-state index is 0.0714. The molecular weight excluding hydrogens is 485 g/mol. The molecule has 2 N–H and O–H groups in total. The number of anilines is 2. The van der Waals surface area contributed by atoms with Crippen LogP contribution in [0, 0.1) is 0 Å². The van der Waals surface area contributed by atoms with Gasteiger partial charge in [0.2, 0.25) is 11.8 Å². The zero-order valence-corrected chi connectivity index (χ0v) is 19.7. The van der Waals surface area contributed by atoms with Crippen LogP contribution in [0.25, 0.3) is 0 Å². The molecule has 9 heteroatoms. The first-order chi connectivity index (χ1) is 16.2. The highest BCUT2D eigenvalue weighted by Gasteiger charge is 2.34. The fourth-order valence-corrected chi connectivity index (χ4v) is 4.38. The summed E-state index contributed by atoms with van der Waals surface area (Å²) >= 11 is 6.91. The van der Waals surface area contributed by atoms with Crippen LogP contribution >= 0.6 is 23.4 Å². The van der Waals surface area contributed by atoms with Gasteiger partial charge in [0, 0.05) is 15.6 Å². The van der Waals surface area contributed by atoms with Crippen molar-refractivity contribution in [3.05, 3.63) is 88.9 Å². The van der Waals surface area contributed by atoms with Crippen molar-refractivity contribution in [2.45, 2.75) is 36.1 Å². The second kappa shape index (κ2) is 11.4. The summed E-state index contributed by atoms with van der Waals surface area (Å²) < 4.78 is 40.0. The molecule has 0 saturated carbocycles. The molecule has 3 rings (SSSR count). The van der Waals surface area contributed by atoms with E-state index >= 15 is 0 Å². The van der Waals surface area contributed by atoms with E-state index in [4.69, 9.17) is 11.6 Å². The van der Waals surface area contributed by atoms with Crippen molar-refractivity contribution in [2.24, 2.45) is 0 Å². The van der Waals surface area contributed by atoms with Crippen LogP contribution in [0.2, 0.25) is 5.02 Å². The largest absolute Gasteiger partial charge is 0.418 e. The van der Waals surface area contributed by atoms with Crippen LogP contribution in [-0.4, -0.2) is 17.1 Å². The highest BCUT2D eigenvalue weighted by molar-refractivity contribution is 8.00. The maximum Gasteiger partial charge on any atom is 0.418 e. The fraction of sp³-hybridized carbons (Fsp3) is 0.200. The normalized spacial score (nSPS) is 12.1. The van der Waals surface area contributed by atoms with E-state index in [1.165, 1.54) is 17.8 Å². The molecule has 0 saturated heterocycles. The van der Waals surface area contributed by atoms with Gasteiger partial charge >= 0.3 is 6.18 Å². The van der Waals surface area contributed by atoms with Crippen molar-refractivity contribution in [2.75, 3.05) is 10.6 Å². The van der Waals surface area contributed by atoms with Crippen LogP contribution in [0.3, 0.4) is 0 Å². The van der Waals surface area contributed by atoms with Crippen LogP contribution in [0.5, 0.6) is 0 Å². The molecule has 0 aliphatic heterocycles. The van der Waals surface area contributed by atoms with Crippen LogP contribution < -0.4 is 10.6 Å². The molecule has 3 aromatic carbocycles. The molecule has 0 radical (unpaired) electrons. The monoisotopic (exact) mass is 506 g/mol. The third-order valence-electron chi connectivity index (χ3n) is 4.81. The Morgan fingerprint density at radius 1 is 0.971 bits per heavy atom. The number of rotatable bonds is 8.